The van der Waals surface area contributed by atoms with Gasteiger partial charge in [-0.05, 0) is 48.7 Å². The standard InChI is InChI=1S/C23H19BrFN3O3/c1-31-20-9-12(5-8-18(20)29)21-14(11-26)23(27)28(16-7-6-13(24)10-15(16)25)17-3-2-4-19(30)22(17)21/h5-10,21,29H,2-4,27H2,1H3. The Labute approximate surface area is 187 Å². The summed E-state index contributed by atoms with van der Waals surface area (Å²) in [5, 5.41) is 20.0. The molecule has 2 aromatic rings. The molecule has 3 N–H and O–H groups in total. The maximum Gasteiger partial charge on any atom is 0.161 e. The Kier molecular flexibility index (Phi) is 5.46. The third kappa shape index (κ3) is 3.45. The lowest BCUT2D eigenvalue weighted by Gasteiger charge is -2.39. The van der Waals surface area contributed by atoms with E-state index >= 15 is 0 Å². The quantitative estimate of drug-likeness (QED) is 0.661. The molecule has 158 valence electrons. The van der Waals surface area contributed by atoms with Gasteiger partial charge in [-0.15, -0.1) is 0 Å². The van der Waals surface area contributed by atoms with Crippen molar-refractivity contribution in [3.8, 4) is 17.6 Å². The van der Waals surface area contributed by atoms with Gasteiger partial charge in [0.25, 0.3) is 0 Å². The predicted octanol–water partition coefficient (Wildman–Crippen LogP) is 4.61. The van der Waals surface area contributed by atoms with E-state index in [0.717, 1.165) is 0 Å². The molecule has 1 heterocycles. The van der Waals surface area contributed by atoms with E-state index in [1.165, 1.54) is 24.1 Å². The van der Waals surface area contributed by atoms with E-state index in [0.29, 0.717) is 40.6 Å². The number of halogens is 2. The third-order valence-corrected chi connectivity index (χ3v) is 6.09. The lowest BCUT2D eigenvalue weighted by atomic mass is 9.75. The number of rotatable bonds is 3. The van der Waals surface area contributed by atoms with E-state index in [-0.39, 0.29) is 34.4 Å². The Morgan fingerprint density at radius 2 is 2.06 bits per heavy atom. The number of aromatic hydroxyl groups is 1. The van der Waals surface area contributed by atoms with Gasteiger partial charge < -0.3 is 15.6 Å². The van der Waals surface area contributed by atoms with E-state index in [4.69, 9.17) is 10.5 Å². The van der Waals surface area contributed by atoms with Gasteiger partial charge >= 0.3 is 0 Å². The zero-order valence-electron chi connectivity index (χ0n) is 16.7. The highest BCUT2D eigenvalue weighted by atomic mass is 79.9. The molecule has 6 nitrogen and oxygen atoms in total. The molecule has 0 bridgehead atoms. The van der Waals surface area contributed by atoms with Gasteiger partial charge in [-0.25, -0.2) is 4.39 Å². The zero-order chi connectivity index (χ0) is 22.3. The van der Waals surface area contributed by atoms with E-state index in [1.807, 2.05) is 0 Å². The molecule has 0 saturated carbocycles. The fraction of sp³-hybridized carbons (Fsp3) is 0.217. The van der Waals surface area contributed by atoms with Crippen LogP contribution in [0.2, 0.25) is 0 Å². The molecule has 0 saturated heterocycles. The smallest absolute Gasteiger partial charge is 0.161 e. The predicted molar refractivity (Wildman–Crippen MR) is 117 cm³/mol. The van der Waals surface area contributed by atoms with Gasteiger partial charge in [0, 0.05) is 22.2 Å². The second-order valence-electron chi connectivity index (χ2n) is 7.34. The van der Waals surface area contributed by atoms with Gasteiger partial charge in [0.15, 0.2) is 17.3 Å². The first-order valence-corrected chi connectivity index (χ1v) is 10.4. The van der Waals surface area contributed by atoms with Crippen LogP contribution in [0.3, 0.4) is 0 Å². The SMILES string of the molecule is COc1cc(C2C(C#N)=C(N)N(c3ccc(Br)cc3F)C3=C2C(=O)CCC3)ccc1O. The minimum Gasteiger partial charge on any atom is -0.504 e. The molecule has 1 aliphatic heterocycles. The highest BCUT2D eigenvalue weighted by molar-refractivity contribution is 9.10. The molecule has 8 heteroatoms. The monoisotopic (exact) mass is 483 g/mol. The molecule has 4 rings (SSSR count). The van der Waals surface area contributed by atoms with Gasteiger partial charge in [0.1, 0.15) is 11.6 Å². The van der Waals surface area contributed by atoms with Gasteiger partial charge in [0.05, 0.1) is 30.4 Å². The highest BCUT2D eigenvalue weighted by Crippen LogP contribution is 2.47. The second-order valence-corrected chi connectivity index (χ2v) is 8.26. The maximum atomic E-state index is 14.9. The summed E-state index contributed by atoms with van der Waals surface area (Å²) in [6, 6.07) is 11.4. The summed E-state index contributed by atoms with van der Waals surface area (Å²) in [5.41, 5.74) is 8.36. The van der Waals surface area contributed by atoms with Crippen LogP contribution < -0.4 is 15.4 Å². The summed E-state index contributed by atoms with van der Waals surface area (Å²) in [4.78, 5) is 14.6. The number of hydrogen-bond acceptors (Lipinski definition) is 6. The molecule has 0 radical (unpaired) electrons. The molecule has 0 aromatic heterocycles. The molecular formula is C23H19BrFN3O3. The number of phenolic OH excluding ortho intramolecular Hbond substituents is 1. The largest absolute Gasteiger partial charge is 0.504 e. The van der Waals surface area contributed by atoms with Gasteiger partial charge in [-0.2, -0.15) is 5.26 Å². The van der Waals surface area contributed by atoms with Crippen LogP contribution in [0.4, 0.5) is 10.1 Å². The number of nitrogens with two attached hydrogens (primary N) is 1. The van der Waals surface area contributed by atoms with Gasteiger partial charge in [0.2, 0.25) is 0 Å². The lowest BCUT2D eigenvalue weighted by molar-refractivity contribution is -0.116. The number of hydrogen-bond donors (Lipinski definition) is 2. The topological polar surface area (TPSA) is 99.6 Å². The number of methoxy groups -OCH3 is 1. The van der Waals surface area contributed by atoms with Crippen LogP contribution in [-0.4, -0.2) is 18.0 Å². The van der Waals surface area contributed by atoms with Crippen LogP contribution in [0.15, 0.2) is 63.5 Å². The molecular weight excluding hydrogens is 465 g/mol. The minimum absolute atomic E-state index is 0.0553. The van der Waals surface area contributed by atoms with Crippen LogP contribution in [0, 0.1) is 17.1 Å². The third-order valence-electron chi connectivity index (χ3n) is 5.60. The fourth-order valence-corrected chi connectivity index (χ4v) is 4.56. The Morgan fingerprint density at radius 3 is 2.74 bits per heavy atom. The van der Waals surface area contributed by atoms with Crippen molar-refractivity contribution in [2.45, 2.75) is 25.2 Å². The van der Waals surface area contributed by atoms with Crippen LogP contribution in [0.5, 0.6) is 11.5 Å². The van der Waals surface area contributed by atoms with Crippen molar-refractivity contribution < 1.29 is 19.0 Å². The molecule has 1 aliphatic carbocycles. The Balaban J connectivity index is 1.98. The number of nitrogens with zero attached hydrogens (tertiary/aromatic N) is 2. The number of phenols is 1. The summed E-state index contributed by atoms with van der Waals surface area (Å²) < 4.78 is 20.6. The molecule has 1 atom stereocenters. The number of ketones is 1. The normalized spacial score (nSPS) is 18.7. The Hall–Kier alpha value is -3.31. The van der Waals surface area contributed by atoms with E-state index in [2.05, 4.69) is 22.0 Å². The number of nitriles is 1. The van der Waals surface area contributed by atoms with Crippen LogP contribution in [0.25, 0.3) is 0 Å². The number of benzene rings is 2. The number of carbonyl (C=O) groups is 1. The molecule has 31 heavy (non-hydrogen) atoms. The maximum absolute atomic E-state index is 14.9. The zero-order valence-corrected chi connectivity index (χ0v) is 18.2. The first kappa shape index (κ1) is 20.9. The Morgan fingerprint density at radius 1 is 1.29 bits per heavy atom. The van der Waals surface area contributed by atoms with Crippen LogP contribution in [-0.2, 0) is 4.79 Å². The summed E-state index contributed by atoms with van der Waals surface area (Å²) in [6.45, 7) is 0. The minimum atomic E-state index is -0.725. The van der Waals surface area contributed by atoms with E-state index < -0.39 is 11.7 Å². The van der Waals surface area contributed by atoms with Crippen molar-refractivity contribution in [2.24, 2.45) is 5.73 Å². The van der Waals surface area contributed by atoms with Crippen molar-refractivity contribution in [3.63, 3.8) is 0 Å². The van der Waals surface area contributed by atoms with Crippen molar-refractivity contribution in [1.82, 2.24) is 0 Å². The second kappa shape index (κ2) is 8.08. The summed E-state index contributed by atoms with van der Waals surface area (Å²) in [6.07, 6.45) is 1.45. The number of carbonyl (C=O) groups excluding carboxylic acids is 1. The average Bonchev–Trinajstić information content (AvgIpc) is 2.74. The fourth-order valence-electron chi connectivity index (χ4n) is 4.23. The van der Waals surface area contributed by atoms with Crippen molar-refractivity contribution in [2.75, 3.05) is 12.0 Å². The van der Waals surface area contributed by atoms with E-state index in [9.17, 15) is 19.6 Å². The molecule has 2 aliphatic rings. The van der Waals surface area contributed by atoms with E-state index in [1.54, 1.807) is 24.3 Å². The van der Waals surface area contributed by atoms with Gasteiger partial charge in [-0.1, -0.05) is 22.0 Å². The average molecular weight is 484 g/mol. The van der Waals surface area contributed by atoms with Crippen molar-refractivity contribution in [3.05, 3.63) is 74.9 Å². The van der Waals surface area contributed by atoms with Crippen molar-refractivity contribution >= 4 is 27.4 Å². The summed E-state index contributed by atoms with van der Waals surface area (Å²) in [7, 11) is 1.42. The van der Waals surface area contributed by atoms with Gasteiger partial charge in [-0.3, -0.25) is 9.69 Å². The molecule has 0 amide bonds. The molecule has 2 aromatic carbocycles. The molecule has 0 fully saturated rings. The summed E-state index contributed by atoms with van der Waals surface area (Å²) >= 11 is 3.25. The highest BCUT2D eigenvalue weighted by Gasteiger charge is 2.41. The molecule has 1 unspecified atom stereocenters. The van der Waals surface area contributed by atoms with Crippen LogP contribution in [0.1, 0.15) is 30.7 Å². The number of allylic oxidation sites excluding steroid dienone is 3. The lowest BCUT2D eigenvalue weighted by Crippen LogP contribution is -2.39. The number of Topliss-reactive ketones (excluding diaryl/α,β-unsaturated/α-hetero) is 1. The van der Waals surface area contributed by atoms with Crippen LogP contribution >= 0.6 is 15.9 Å². The molecule has 0 spiro atoms. The number of anilines is 1. The summed E-state index contributed by atoms with van der Waals surface area (Å²) in [5.74, 6) is -1.11. The first-order chi connectivity index (χ1) is 14.9. The Bertz CT molecular complexity index is 1200. The van der Waals surface area contributed by atoms with Crippen molar-refractivity contribution in [1.29, 1.82) is 5.26 Å². The first-order valence-electron chi connectivity index (χ1n) is 9.65. The number of ether oxygens (including phenoxy) is 1.